The van der Waals surface area contributed by atoms with Crippen molar-refractivity contribution in [1.29, 1.82) is 0 Å². The Balaban J connectivity index is 1.61. The maximum Gasteiger partial charge on any atom is 0.193 e. The highest BCUT2D eigenvalue weighted by Crippen LogP contribution is 2.16. The number of rotatable bonds is 6. The summed E-state index contributed by atoms with van der Waals surface area (Å²) in [4.78, 5) is 1.30. The highest BCUT2D eigenvalue weighted by atomic mass is 35.5. The van der Waals surface area contributed by atoms with Crippen LogP contribution in [-0.2, 0) is 6.54 Å². The van der Waals surface area contributed by atoms with Crippen molar-refractivity contribution < 1.29 is 4.42 Å². The van der Waals surface area contributed by atoms with E-state index in [0.29, 0.717) is 5.22 Å². The van der Waals surface area contributed by atoms with Gasteiger partial charge in [0.1, 0.15) is 5.76 Å². The summed E-state index contributed by atoms with van der Waals surface area (Å²) in [6.45, 7) is 1.67. The first kappa shape index (κ1) is 12.6. The summed E-state index contributed by atoms with van der Waals surface area (Å²) in [6, 6.07) is 14.0. The average molecular weight is 268 g/mol. The van der Waals surface area contributed by atoms with Crippen molar-refractivity contribution >= 4 is 23.4 Å². The zero-order chi connectivity index (χ0) is 11.9. The number of hydrogen-bond donors (Lipinski definition) is 1. The fraction of sp³-hybridized carbons (Fsp3) is 0.231. The molecule has 0 unspecified atom stereocenters. The van der Waals surface area contributed by atoms with E-state index in [-0.39, 0.29) is 0 Å². The standard InChI is InChI=1S/C13H14ClNOS/c14-13-7-6-11(16-13)10-15-8-9-17-12-4-2-1-3-5-12/h1-7,15H,8-10H2. The second kappa shape index (κ2) is 6.74. The lowest BCUT2D eigenvalue weighted by Crippen LogP contribution is -2.15. The van der Waals surface area contributed by atoms with E-state index in [1.165, 1.54) is 4.90 Å². The molecule has 2 rings (SSSR count). The van der Waals surface area contributed by atoms with Gasteiger partial charge in [0, 0.05) is 17.2 Å². The fourth-order valence-corrected chi connectivity index (χ4v) is 2.41. The summed E-state index contributed by atoms with van der Waals surface area (Å²) in [6.07, 6.45) is 0. The molecule has 0 aliphatic heterocycles. The van der Waals surface area contributed by atoms with Crippen molar-refractivity contribution in [3.63, 3.8) is 0 Å². The third kappa shape index (κ3) is 4.46. The fourth-order valence-electron chi connectivity index (χ4n) is 1.42. The number of nitrogens with one attached hydrogen (secondary N) is 1. The molecule has 2 nitrogen and oxygen atoms in total. The summed E-state index contributed by atoms with van der Waals surface area (Å²) in [5, 5.41) is 3.76. The van der Waals surface area contributed by atoms with Crippen molar-refractivity contribution in [2.75, 3.05) is 12.3 Å². The summed E-state index contributed by atoms with van der Waals surface area (Å²) in [7, 11) is 0. The summed E-state index contributed by atoms with van der Waals surface area (Å²) < 4.78 is 5.24. The lowest BCUT2D eigenvalue weighted by molar-refractivity contribution is 0.490. The van der Waals surface area contributed by atoms with E-state index in [0.717, 1.165) is 24.6 Å². The third-order valence-corrected chi connectivity index (χ3v) is 3.44. The minimum absolute atomic E-state index is 0.445. The van der Waals surface area contributed by atoms with Crippen molar-refractivity contribution in [1.82, 2.24) is 5.32 Å². The van der Waals surface area contributed by atoms with Crippen molar-refractivity contribution in [3.05, 3.63) is 53.4 Å². The van der Waals surface area contributed by atoms with Crippen LogP contribution in [0.15, 0.2) is 51.8 Å². The zero-order valence-electron chi connectivity index (χ0n) is 9.36. The second-order valence-corrected chi connectivity index (χ2v) is 5.08. The molecule has 0 bridgehead atoms. The molecule has 90 valence electrons. The van der Waals surface area contributed by atoms with Gasteiger partial charge in [-0.25, -0.2) is 0 Å². The molecule has 0 fully saturated rings. The van der Waals surface area contributed by atoms with Crippen LogP contribution in [0, 0.1) is 0 Å². The monoisotopic (exact) mass is 267 g/mol. The molecule has 0 atom stereocenters. The molecule has 0 amide bonds. The number of halogens is 1. The molecule has 0 aliphatic rings. The summed E-state index contributed by atoms with van der Waals surface area (Å²) in [5.74, 6) is 1.91. The Labute approximate surface area is 110 Å². The van der Waals surface area contributed by atoms with Crippen LogP contribution in [0.5, 0.6) is 0 Å². The van der Waals surface area contributed by atoms with Crippen LogP contribution < -0.4 is 5.32 Å². The highest BCUT2D eigenvalue weighted by Gasteiger charge is 1.98. The topological polar surface area (TPSA) is 25.2 Å². The van der Waals surface area contributed by atoms with Gasteiger partial charge >= 0.3 is 0 Å². The molecule has 17 heavy (non-hydrogen) atoms. The molecule has 0 aliphatic carbocycles. The van der Waals surface area contributed by atoms with Crippen LogP contribution in [0.25, 0.3) is 0 Å². The van der Waals surface area contributed by atoms with Gasteiger partial charge in [-0.1, -0.05) is 18.2 Å². The van der Waals surface area contributed by atoms with E-state index < -0.39 is 0 Å². The molecule has 0 saturated carbocycles. The van der Waals surface area contributed by atoms with Gasteiger partial charge in [0.25, 0.3) is 0 Å². The number of benzene rings is 1. The van der Waals surface area contributed by atoms with Crippen molar-refractivity contribution in [3.8, 4) is 0 Å². The van der Waals surface area contributed by atoms with Crippen LogP contribution in [0.1, 0.15) is 5.76 Å². The number of hydrogen-bond acceptors (Lipinski definition) is 3. The normalized spacial score (nSPS) is 10.6. The van der Waals surface area contributed by atoms with E-state index in [1.54, 1.807) is 6.07 Å². The van der Waals surface area contributed by atoms with E-state index >= 15 is 0 Å². The Morgan fingerprint density at radius 2 is 1.94 bits per heavy atom. The summed E-state index contributed by atoms with van der Waals surface area (Å²) >= 11 is 7.52. The molecule has 0 spiro atoms. The quantitative estimate of drug-likeness (QED) is 0.636. The molecule has 0 saturated heterocycles. The van der Waals surface area contributed by atoms with Crippen LogP contribution in [-0.4, -0.2) is 12.3 Å². The third-order valence-electron chi connectivity index (χ3n) is 2.22. The molecule has 4 heteroatoms. The van der Waals surface area contributed by atoms with Gasteiger partial charge in [-0.05, 0) is 35.9 Å². The molecule has 1 N–H and O–H groups in total. The Kier molecular flexibility index (Phi) is 4.98. The lowest BCUT2D eigenvalue weighted by Gasteiger charge is -2.02. The molecule has 1 heterocycles. The Morgan fingerprint density at radius 1 is 1.12 bits per heavy atom. The van der Waals surface area contributed by atoms with Crippen molar-refractivity contribution in [2.24, 2.45) is 0 Å². The van der Waals surface area contributed by atoms with E-state index in [1.807, 2.05) is 23.9 Å². The molecule has 2 aromatic rings. The highest BCUT2D eigenvalue weighted by molar-refractivity contribution is 7.99. The van der Waals surface area contributed by atoms with Gasteiger partial charge in [-0.15, -0.1) is 11.8 Å². The molecule has 1 aromatic carbocycles. The van der Waals surface area contributed by atoms with Crippen LogP contribution in [0.4, 0.5) is 0 Å². The minimum Gasteiger partial charge on any atom is -0.448 e. The molecular weight excluding hydrogens is 254 g/mol. The van der Waals surface area contributed by atoms with Crippen molar-refractivity contribution in [2.45, 2.75) is 11.4 Å². The van der Waals surface area contributed by atoms with Gasteiger partial charge in [-0.3, -0.25) is 0 Å². The first-order valence-corrected chi connectivity index (χ1v) is 6.84. The van der Waals surface area contributed by atoms with Crippen LogP contribution in [0.3, 0.4) is 0 Å². The Bertz CT molecular complexity index is 444. The number of thioether (sulfide) groups is 1. The lowest BCUT2D eigenvalue weighted by atomic mass is 10.4. The van der Waals surface area contributed by atoms with Crippen LogP contribution >= 0.6 is 23.4 Å². The van der Waals surface area contributed by atoms with E-state index in [4.69, 9.17) is 16.0 Å². The Hall–Kier alpha value is -0.900. The maximum atomic E-state index is 5.68. The molecular formula is C13H14ClNOS. The SMILES string of the molecule is Clc1ccc(CNCCSc2ccccc2)o1. The van der Waals surface area contributed by atoms with E-state index in [2.05, 4.69) is 29.6 Å². The van der Waals surface area contributed by atoms with Gasteiger partial charge < -0.3 is 9.73 Å². The molecule has 0 radical (unpaired) electrons. The first-order chi connectivity index (χ1) is 8.34. The average Bonchev–Trinajstić information content (AvgIpc) is 2.76. The van der Waals surface area contributed by atoms with Gasteiger partial charge in [0.15, 0.2) is 5.22 Å². The van der Waals surface area contributed by atoms with Gasteiger partial charge in [-0.2, -0.15) is 0 Å². The predicted molar refractivity (Wildman–Crippen MR) is 72.6 cm³/mol. The smallest absolute Gasteiger partial charge is 0.193 e. The van der Waals surface area contributed by atoms with Gasteiger partial charge in [0.05, 0.1) is 6.54 Å². The maximum absolute atomic E-state index is 5.68. The summed E-state index contributed by atoms with van der Waals surface area (Å²) in [5.41, 5.74) is 0. The first-order valence-electron chi connectivity index (χ1n) is 5.47. The second-order valence-electron chi connectivity index (χ2n) is 3.54. The molecule has 1 aromatic heterocycles. The van der Waals surface area contributed by atoms with Crippen LogP contribution in [0.2, 0.25) is 5.22 Å². The van der Waals surface area contributed by atoms with E-state index in [9.17, 15) is 0 Å². The largest absolute Gasteiger partial charge is 0.448 e. The Morgan fingerprint density at radius 3 is 2.65 bits per heavy atom. The minimum atomic E-state index is 0.445. The van der Waals surface area contributed by atoms with Gasteiger partial charge in [0.2, 0.25) is 0 Å². The zero-order valence-corrected chi connectivity index (χ0v) is 10.9. The number of furan rings is 1. The predicted octanol–water partition coefficient (Wildman–Crippen LogP) is 3.81.